The van der Waals surface area contributed by atoms with Crippen molar-refractivity contribution >= 4 is 6.21 Å². The van der Waals surface area contributed by atoms with E-state index in [9.17, 15) is 0 Å². The highest BCUT2D eigenvalue weighted by atomic mass is 16.5. The maximum atomic E-state index is 8.61. The first-order chi connectivity index (χ1) is 11.8. The van der Waals surface area contributed by atoms with Crippen molar-refractivity contribution in [3.8, 4) is 23.0 Å². The van der Waals surface area contributed by atoms with E-state index >= 15 is 0 Å². The van der Waals surface area contributed by atoms with Crippen LogP contribution in [0.15, 0.2) is 47.6 Å². The molecule has 0 aliphatic heterocycles. The first-order valence-corrected chi connectivity index (χ1v) is 7.61. The molecule has 0 saturated heterocycles. The topological polar surface area (TPSA) is 69.5 Å². The van der Waals surface area contributed by atoms with E-state index in [1.807, 2.05) is 31.2 Å². The van der Waals surface area contributed by atoms with Crippen LogP contribution < -0.4 is 18.9 Å². The zero-order chi connectivity index (χ0) is 17.2. The van der Waals surface area contributed by atoms with Crippen molar-refractivity contribution in [2.75, 3.05) is 26.9 Å². The number of benzene rings is 2. The quantitative estimate of drug-likeness (QED) is 0.330. The molecule has 6 heteroatoms. The van der Waals surface area contributed by atoms with Crippen LogP contribution in [0, 0.1) is 0 Å². The van der Waals surface area contributed by atoms with Crippen molar-refractivity contribution in [3.05, 3.63) is 48.0 Å². The maximum absolute atomic E-state index is 8.61. The Kier molecular flexibility index (Phi) is 6.76. The van der Waals surface area contributed by atoms with Gasteiger partial charge in [0.25, 0.3) is 0 Å². The fourth-order valence-corrected chi connectivity index (χ4v) is 2.10. The lowest BCUT2D eigenvalue weighted by Crippen LogP contribution is -2.10. The highest BCUT2D eigenvalue weighted by molar-refractivity contribution is 5.80. The highest BCUT2D eigenvalue weighted by Gasteiger charge is 2.07. The number of methoxy groups -OCH3 is 1. The summed E-state index contributed by atoms with van der Waals surface area (Å²) in [6.45, 7) is 3.18. The Morgan fingerprint density at radius 1 is 0.917 bits per heavy atom. The molecule has 0 spiro atoms. The summed E-state index contributed by atoms with van der Waals surface area (Å²) in [5.41, 5.74) is 0.705. The molecule has 2 rings (SSSR count). The minimum Gasteiger partial charge on any atom is -0.493 e. The number of nitrogens with zero attached hydrogens (tertiary/aromatic N) is 1. The molecule has 128 valence electrons. The first-order valence-electron chi connectivity index (χ1n) is 7.61. The molecular formula is C18H21NO5. The summed E-state index contributed by atoms with van der Waals surface area (Å²) in [6, 6.07) is 12.7. The molecule has 0 heterocycles. The zero-order valence-electron chi connectivity index (χ0n) is 13.8. The molecular weight excluding hydrogens is 310 g/mol. The second-order valence-electron chi connectivity index (χ2n) is 4.73. The average molecular weight is 331 g/mol. The molecule has 0 saturated carbocycles. The lowest BCUT2D eigenvalue weighted by atomic mass is 10.2. The van der Waals surface area contributed by atoms with Crippen molar-refractivity contribution in [2.45, 2.75) is 6.92 Å². The number of para-hydroxylation sites is 2. The van der Waals surface area contributed by atoms with E-state index in [-0.39, 0.29) is 0 Å². The predicted octanol–water partition coefficient (Wildman–Crippen LogP) is 3.36. The van der Waals surface area contributed by atoms with Crippen LogP contribution in [0.2, 0.25) is 0 Å². The van der Waals surface area contributed by atoms with Crippen LogP contribution in [0.25, 0.3) is 0 Å². The van der Waals surface area contributed by atoms with Gasteiger partial charge in [0.15, 0.2) is 23.0 Å². The van der Waals surface area contributed by atoms with E-state index in [4.69, 9.17) is 24.2 Å². The largest absolute Gasteiger partial charge is 0.493 e. The van der Waals surface area contributed by atoms with Crippen LogP contribution in [0.3, 0.4) is 0 Å². The summed E-state index contributed by atoms with van der Waals surface area (Å²) >= 11 is 0. The average Bonchev–Trinajstić information content (AvgIpc) is 2.61. The fraction of sp³-hybridized carbons (Fsp3) is 0.278. The molecule has 0 unspecified atom stereocenters. The van der Waals surface area contributed by atoms with Gasteiger partial charge in [-0.05, 0) is 37.3 Å². The maximum Gasteiger partial charge on any atom is 0.161 e. The SMILES string of the molecule is CCOc1ccccc1OCCOc1cc(/C=N/O)ccc1OC. The number of oxime groups is 1. The van der Waals surface area contributed by atoms with Crippen molar-refractivity contribution < 1.29 is 24.2 Å². The Labute approximate surface area is 141 Å². The van der Waals surface area contributed by atoms with Crippen LogP contribution >= 0.6 is 0 Å². The third-order valence-corrected chi connectivity index (χ3v) is 3.14. The van der Waals surface area contributed by atoms with Crippen molar-refractivity contribution in [1.29, 1.82) is 0 Å². The molecule has 0 bridgehead atoms. The van der Waals surface area contributed by atoms with Crippen LogP contribution in [0.1, 0.15) is 12.5 Å². The van der Waals surface area contributed by atoms with E-state index in [2.05, 4.69) is 5.16 Å². The third kappa shape index (κ3) is 4.81. The summed E-state index contributed by atoms with van der Waals surface area (Å²) < 4.78 is 22.2. The molecule has 0 radical (unpaired) electrons. The third-order valence-electron chi connectivity index (χ3n) is 3.14. The Hall–Kier alpha value is -2.89. The van der Waals surface area contributed by atoms with Gasteiger partial charge in [-0.3, -0.25) is 0 Å². The van der Waals surface area contributed by atoms with Crippen LogP contribution in [-0.2, 0) is 0 Å². The van der Waals surface area contributed by atoms with Gasteiger partial charge in [-0.2, -0.15) is 0 Å². The first kappa shape index (κ1) is 17.5. The summed E-state index contributed by atoms with van der Waals surface area (Å²) in [7, 11) is 1.57. The molecule has 0 aromatic heterocycles. The molecule has 0 fully saturated rings. The molecule has 24 heavy (non-hydrogen) atoms. The van der Waals surface area contributed by atoms with Crippen LogP contribution in [0.5, 0.6) is 23.0 Å². The predicted molar refractivity (Wildman–Crippen MR) is 91.0 cm³/mol. The van der Waals surface area contributed by atoms with Gasteiger partial charge in [0.1, 0.15) is 13.2 Å². The van der Waals surface area contributed by atoms with E-state index in [1.165, 1.54) is 6.21 Å². The molecule has 0 aliphatic rings. The fourth-order valence-electron chi connectivity index (χ4n) is 2.10. The molecule has 0 atom stereocenters. The van der Waals surface area contributed by atoms with Gasteiger partial charge in [-0.25, -0.2) is 0 Å². The van der Waals surface area contributed by atoms with Gasteiger partial charge in [-0.15, -0.1) is 0 Å². The van der Waals surface area contributed by atoms with Gasteiger partial charge in [-0.1, -0.05) is 17.3 Å². The van der Waals surface area contributed by atoms with Crippen molar-refractivity contribution in [1.82, 2.24) is 0 Å². The van der Waals surface area contributed by atoms with E-state index in [0.29, 0.717) is 48.4 Å². The smallest absolute Gasteiger partial charge is 0.161 e. The van der Waals surface area contributed by atoms with E-state index in [1.54, 1.807) is 25.3 Å². The normalized spacial score (nSPS) is 10.6. The summed E-state index contributed by atoms with van der Waals surface area (Å²) in [5.74, 6) is 2.53. The van der Waals surface area contributed by atoms with Crippen LogP contribution in [-0.4, -0.2) is 38.4 Å². The van der Waals surface area contributed by atoms with Crippen molar-refractivity contribution in [2.24, 2.45) is 5.16 Å². The molecule has 6 nitrogen and oxygen atoms in total. The van der Waals surface area contributed by atoms with Gasteiger partial charge >= 0.3 is 0 Å². The number of rotatable bonds is 9. The lowest BCUT2D eigenvalue weighted by Gasteiger charge is -2.13. The zero-order valence-corrected chi connectivity index (χ0v) is 13.8. The Morgan fingerprint density at radius 3 is 2.21 bits per heavy atom. The Bertz CT molecular complexity index is 672. The van der Waals surface area contributed by atoms with Crippen LogP contribution in [0.4, 0.5) is 0 Å². The second kappa shape index (κ2) is 9.29. The lowest BCUT2D eigenvalue weighted by molar-refractivity contribution is 0.203. The molecule has 0 amide bonds. The van der Waals surface area contributed by atoms with E-state index in [0.717, 1.165) is 0 Å². The summed E-state index contributed by atoms with van der Waals surface area (Å²) in [6.07, 6.45) is 1.32. The van der Waals surface area contributed by atoms with Gasteiger partial charge in [0.05, 0.1) is 19.9 Å². The summed E-state index contributed by atoms with van der Waals surface area (Å²) in [5, 5.41) is 11.6. The minimum absolute atomic E-state index is 0.330. The number of ether oxygens (including phenoxy) is 4. The highest BCUT2D eigenvalue weighted by Crippen LogP contribution is 2.28. The monoisotopic (exact) mass is 331 g/mol. The summed E-state index contributed by atoms with van der Waals surface area (Å²) in [4.78, 5) is 0. The second-order valence-corrected chi connectivity index (χ2v) is 4.73. The van der Waals surface area contributed by atoms with Gasteiger partial charge in [0, 0.05) is 5.56 Å². The van der Waals surface area contributed by atoms with Gasteiger partial charge < -0.3 is 24.2 Å². The van der Waals surface area contributed by atoms with E-state index < -0.39 is 0 Å². The standard InChI is InChI=1S/C18H21NO5/c1-3-22-16-6-4-5-7-17(16)23-10-11-24-18-12-14(13-19-20)8-9-15(18)21-2/h4-9,12-13,20H,3,10-11H2,1-2H3/b19-13+. The molecule has 2 aromatic rings. The molecule has 1 N–H and O–H groups in total. The number of hydrogen-bond donors (Lipinski definition) is 1. The Morgan fingerprint density at radius 2 is 1.58 bits per heavy atom. The Balaban J connectivity index is 1.93. The van der Waals surface area contributed by atoms with Gasteiger partial charge in [0.2, 0.25) is 0 Å². The number of hydrogen-bond acceptors (Lipinski definition) is 6. The minimum atomic E-state index is 0.330. The van der Waals surface area contributed by atoms with Crippen molar-refractivity contribution in [3.63, 3.8) is 0 Å². The molecule has 2 aromatic carbocycles. The molecule has 0 aliphatic carbocycles.